The molecule has 0 N–H and O–H groups in total. The number of hydrogen-bond donors (Lipinski definition) is 0. The largest absolute Gasteiger partial charge is 0.354 e. The monoisotopic (exact) mass is 412 g/mol. The lowest BCUT2D eigenvalue weighted by atomic mass is 10.0. The molecule has 0 saturated carbocycles. The summed E-state index contributed by atoms with van der Waals surface area (Å²) < 4.78 is 34.7. The summed E-state index contributed by atoms with van der Waals surface area (Å²) in [7, 11) is 0. The Morgan fingerprint density at radius 3 is 2.60 bits per heavy atom. The topological polar surface area (TPSA) is 60.3 Å². The highest BCUT2D eigenvalue weighted by Crippen LogP contribution is 2.38. The fourth-order valence-electron chi connectivity index (χ4n) is 3.82. The number of aromatic nitrogens is 3. The van der Waals surface area contributed by atoms with Crippen LogP contribution < -0.4 is 0 Å². The predicted octanol–water partition coefficient (Wildman–Crippen LogP) is 4.42. The van der Waals surface area contributed by atoms with Gasteiger partial charge in [-0.05, 0) is 52.0 Å². The molecule has 156 valence electrons. The number of benzene rings is 2. The van der Waals surface area contributed by atoms with Crippen LogP contribution in [0.3, 0.4) is 0 Å². The average molecular weight is 412 g/mol. The molecule has 1 aliphatic rings. The third kappa shape index (κ3) is 3.17. The molecular weight excluding hydrogens is 390 g/mol. The second-order valence-electron chi connectivity index (χ2n) is 7.45. The SMILES string of the molecule is CCOC1c2cc(-c3nnn(-c4ccc(F)cc4F)c3C)ccc2C(=O)N1C(C)C. The lowest BCUT2D eigenvalue weighted by Gasteiger charge is -2.28. The first-order valence-electron chi connectivity index (χ1n) is 9.79. The first-order valence-corrected chi connectivity index (χ1v) is 9.79. The molecule has 1 aromatic heterocycles. The summed E-state index contributed by atoms with van der Waals surface area (Å²) in [5, 5.41) is 8.26. The highest BCUT2D eigenvalue weighted by atomic mass is 19.1. The Morgan fingerprint density at radius 2 is 1.93 bits per heavy atom. The van der Waals surface area contributed by atoms with Gasteiger partial charge in [-0.1, -0.05) is 11.3 Å². The number of amides is 1. The summed E-state index contributed by atoms with van der Waals surface area (Å²) in [6.45, 7) is 8.01. The molecule has 8 heteroatoms. The summed E-state index contributed by atoms with van der Waals surface area (Å²) in [6.07, 6.45) is -0.470. The molecular formula is C22H22F2N4O2. The molecule has 30 heavy (non-hydrogen) atoms. The first kappa shape index (κ1) is 20.2. The van der Waals surface area contributed by atoms with Gasteiger partial charge in [0.1, 0.15) is 17.2 Å². The van der Waals surface area contributed by atoms with E-state index in [0.29, 0.717) is 23.6 Å². The third-order valence-corrected chi connectivity index (χ3v) is 5.22. The normalized spacial score (nSPS) is 15.9. The minimum absolute atomic E-state index is 0.0195. The van der Waals surface area contributed by atoms with Gasteiger partial charge in [0.25, 0.3) is 5.91 Å². The van der Waals surface area contributed by atoms with E-state index in [2.05, 4.69) is 10.3 Å². The van der Waals surface area contributed by atoms with E-state index in [4.69, 9.17) is 4.74 Å². The molecule has 1 atom stereocenters. The minimum Gasteiger partial charge on any atom is -0.354 e. The van der Waals surface area contributed by atoms with Crippen LogP contribution in [0.25, 0.3) is 16.9 Å². The van der Waals surface area contributed by atoms with Crippen LogP contribution in [-0.4, -0.2) is 38.4 Å². The number of hydrogen-bond acceptors (Lipinski definition) is 4. The molecule has 0 spiro atoms. The smallest absolute Gasteiger partial charge is 0.256 e. The molecule has 1 unspecified atom stereocenters. The molecule has 0 bridgehead atoms. The van der Waals surface area contributed by atoms with E-state index in [9.17, 15) is 13.6 Å². The van der Waals surface area contributed by atoms with Gasteiger partial charge in [0.15, 0.2) is 12.0 Å². The number of fused-ring (bicyclic) bond motifs is 1. The first-order chi connectivity index (χ1) is 14.3. The molecule has 6 nitrogen and oxygen atoms in total. The zero-order valence-electron chi connectivity index (χ0n) is 17.2. The van der Waals surface area contributed by atoms with Crippen molar-refractivity contribution in [2.45, 2.75) is 40.0 Å². The number of carbonyl (C=O) groups is 1. The Kier molecular flexibility index (Phi) is 5.11. The average Bonchev–Trinajstić information content (AvgIpc) is 3.20. The number of nitrogens with zero attached hydrogens (tertiary/aromatic N) is 4. The van der Waals surface area contributed by atoms with Crippen molar-refractivity contribution in [2.24, 2.45) is 0 Å². The molecule has 4 rings (SSSR count). The Morgan fingerprint density at radius 1 is 1.17 bits per heavy atom. The van der Waals surface area contributed by atoms with Gasteiger partial charge in [-0.3, -0.25) is 4.79 Å². The van der Waals surface area contributed by atoms with E-state index in [0.717, 1.165) is 17.2 Å². The molecule has 2 aromatic carbocycles. The molecule has 0 fully saturated rings. The second-order valence-corrected chi connectivity index (χ2v) is 7.45. The van der Waals surface area contributed by atoms with Gasteiger partial charge in [0, 0.05) is 35.4 Å². The van der Waals surface area contributed by atoms with Crippen LogP contribution in [0.2, 0.25) is 0 Å². The van der Waals surface area contributed by atoms with E-state index < -0.39 is 17.9 Å². The Bertz CT molecular complexity index is 1130. The van der Waals surface area contributed by atoms with Gasteiger partial charge in [-0.25, -0.2) is 13.5 Å². The number of carbonyl (C=O) groups excluding carboxylic acids is 1. The standard InChI is InChI=1S/C22H22F2N4O2/c1-5-30-22-17-10-14(6-8-16(17)21(29)27(22)12(2)3)20-13(4)28(26-25-20)19-9-7-15(23)11-18(19)24/h6-12,22H,5H2,1-4H3. The van der Waals surface area contributed by atoms with Gasteiger partial charge in [-0.15, -0.1) is 5.10 Å². The van der Waals surface area contributed by atoms with Gasteiger partial charge in [0.05, 0.1) is 5.69 Å². The van der Waals surface area contributed by atoms with Crippen molar-refractivity contribution in [3.8, 4) is 16.9 Å². The lowest BCUT2D eigenvalue weighted by Crippen LogP contribution is -2.35. The zero-order valence-corrected chi connectivity index (χ0v) is 17.2. The van der Waals surface area contributed by atoms with Crippen LogP contribution >= 0.6 is 0 Å². The molecule has 3 aromatic rings. The van der Waals surface area contributed by atoms with Crippen molar-refractivity contribution >= 4 is 5.91 Å². The molecule has 0 aliphatic carbocycles. The van der Waals surface area contributed by atoms with E-state index in [-0.39, 0.29) is 17.6 Å². The summed E-state index contributed by atoms with van der Waals surface area (Å²) in [5.74, 6) is -1.45. The van der Waals surface area contributed by atoms with Gasteiger partial charge in [-0.2, -0.15) is 0 Å². The number of rotatable bonds is 5. The number of halogens is 2. The number of ether oxygens (including phenoxy) is 1. The summed E-state index contributed by atoms with van der Waals surface area (Å²) in [6, 6.07) is 8.72. The van der Waals surface area contributed by atoms with E-state index >= 15 is 0 Å². The minimum atomic E-state index is -0.724. The quantitative estimate of drug-likeness (QED) is 0.622. The Labute approximate surface area is 173 Å². The predicted molar refractivity (Wildman–Crippen MR) is 107 cm³/mol. The maximum atomic E-state index is 14.2. The summed E-state index contributed by atoms with van der Waals surface area (Å²) in [4.78, 5) is 14.6. The van der Waals surface area contributed by atoms with Gasteiger partial charge < -0.3 is 9.64 Å². The fourth-order valence-corrected chi connectivity index (χ4v) is 3.82. The van der Waals surface area contributed by atoms with Crippen LogP contribution in [0.4, 0.5) is 8.78 Å². The van der Waals surface area contributed by atoms with E-state index in [1.54, 1.807) is 24.0 Å². The second kappa shape index (κ2) is 7.60. The molecule has 1 aliphatic heterocycles. The van der Waals surface area contributed by atoms with Crippen LogP contribution in [-0.2, 0) is 4.74 Å². The third-order valence-electron chi connectivity index (χ3n) is 5.22. The molecule has 0 radical (unpaired) electrons. The maximum absolute atomic E-state index is 14.2. The fraction of sp³-hybridized carbons (Fsp3) is 0.318. The summed E-state index contributed by atoms with van der Waals surface area (Å²) in [5.41, 5.74) is 3.37. The van der Waals surface area contributed by atoms with Crippen LogP contribution in [0, 0.1) is 18.6 Å². The van der Waals surface area contributed by atoms with E-state index in [1.807, 2.05) is 26.8 Å². The van der Waals surface area contributed by atoms with Crippen LogP contribution in [0.5, 0.6) is 0 Å². The highest BCUT2D eigenvalue weighted by Gasteiger charge is 2.39. The van der Waals surface area contributed by atoms with Crippen molar-refractivity contribution in [2.75, 3.05) is 6.61 Å². The van der Waals surface area contributed by atoms with E-state index in [1.165, 1.54) is 16.8 Å². The Hall–Kier alpha value is -3.13. The lowest BCUT2D eigenvalue weighted by molar-refractivity contribution is -0.0456. The van der Waals surface area contributed by atoms with Crippen LogP contribution in [0.1, 0.15) is 48.6 Å². The summed E-state index contributed by atoms with van der Waals surface area (Å²) >= 11 is 0. The Balaban J connectivity index is 1.78. The van der Waals surface area contributed by atoms with Crippen molar-refractivity contribution < 1.29 is 18.3 Å². The van der Waals surface area contributed by atoms with Crippen LogP contribution in [0.15, 0.2) is 36.4 Å². The molecule has 2 heterocycles. The maximum Gasteiger partial charge on any atom is 0.256 e. The van der Waals surface area contributed by atoms with Crippen molar-refractivity contribution in [3.63, 3.8) is 0 Å². The molecule has 1 amide bonds. The van der Waals surface area contributed by atoms with Crippen molar-refractivity contribution in [3.05, 3.63) is 64.9 Å². The van der Waals surface area contributed by atoms with Gasteiger partial charge in [0.2, 0.25) is 0 Å². The van der Waals surface area contributed by atoms with Gasteiger partial charge >= 0.3 is 0 Å². The van der Waals surface area contributed by atoms with Crippen molar-refractivity contribution in [1.82, 2.24) is 19.9 Å². The van der Waals surface area contributed by atoms with Crippen molar-refractivity contribution in [1.29, 1.82) is 0 Å². The zero-order chi connectivity index (χ0) is 21.6. The molecule has 0 saturated heterocycles. The highest BCUT2D eigenvalue weighted by molar-refractivity contribution is 5.99.